The van der Waals surface area contributed by atoms with Crippen LogP contribution in [0.25, 0.3) is 0 Å². The SMILES string of the molecule is CCOC(CN)(OCC)c1ccc(C)c(F)c1. The van der Waals surface area contributed by atoms with Gasteiger partial charge in [-0.15, -0.1) is 0 Å². The minimum absolute atomic E-state index is 0.150. The van der Waals surface area contributed by atoms with Crippen LogP contribution < -0.4 is 5.73 Å². The fourth-order valence-electron chi connectivity index (χ4n) is 1.74. The highest BCUT2D eigenvalue weighted by Gasteiger charge is 2.32. The van der Waals surface area contributed by atoms with Crippen LogP contribution in [0.4, 0.5) is 4.39 Å². The van der Waals surface area contributed by atoms with Crippen molar-refractivity contribution in [1.82, 2.24) is 0 Å². The Kier molecular flexibility index (Phi) is 5.05. The highest BCUT2D eigenvalue weighted by atomic mass is 19.1. The summed E-state index contributed by atoms with van der Waals surface area (Å²) in [7, 11) is 0. The molecule has 96 valence electrons. The molecule has 4 heteroatoms. The van der Waals surface area contributed by atoms with E-state index in [1.807, 2.05) is 13.8 Å². The summed E-state index contributed by atoms with van der Waals surface area (Å²) in [4.78, 5) is 0. The predicted octanol–water partition coefficient (Wildman–Crippen LogP) is 2.32. The van der Waals surface area contributed by atoms with Crippen LogP contribution >= 0.6 is 0 Å². The van der Waals surface area contributed by atoms with E-state index in [9.17, 15) is 4.39 Å². The number of halogens is 1. The maximum absolute atomic E-state index is 13.6. The van der Waals surface area contributed by atoms with Crippen LogP contribution in [-0.4, -0.2) is 19.8 Å². The summed E-state index contributed by atoms with van der Waals surface area (Å²) in [6.45, 7) is 6.48. The van der Waals surface area contributed by atoms with Crippen molar-refractivity contribution >= 4 is 0 Å². The summed E-state index contributed by atoms with van der Waals surface area (Å²) in [6.07, 6.45) is 0. The van der Waals surface area contributed by atoms with Gasteiger partial charge in [-0.1, -0.05) is 12.1 Å². The number of hydrogen-bond donors (Lipinski definition) is 1. The van der Waals surface area contributed by atoms with Gasteiger partial charge in [0.25, 0.3) is 0 Å². The predicted molar refractivity (Wildman–Crippen MR) is 65.1 cm³/mol. The van der Waals surface area contributed by atoms with Crippen molar-refractivity contribution in [3.05, 3.63) is 35.1 Å². The van der Waals surface area contributed by atoms with E-state index < -0.39 is 5.79 Å². The van der Waals surface area contributed by atoms with Gasteiger partial charge in [0, 0.05) is 18.8 Å². The van der Waals surface area contributed by atoms with E-state index in [1.54, 1.807) is 19.1 Å². The molecule has 0 atom stereocenters. The molecule has 0 aliphatic heterocycles. The van der Waals surface area contributed by atoms with Gasteiger partial charge in [0.15, 0.2) is 0 Å². The molecule has 0 saturated heterocycles. The smallest absolute Gasteiger partial charge is 0.207 e. The molecule has 2 N–H and O–H groups in total. The zero-order valence-electron chi connectivity index (χ0n) is 10.6. The molecule has 0 aliphatic carbocycles. The van der Waals surface area contributed by atoms with Crippen LogP contribution in [0.2, 0.25) is 0 Å². The van der Waals surface area contributed by atoms with Crippen LogP contribution in [0, 0.1) is 12.7 Å². The van der Waals surface area contributed by atoms with Crippen LogP contribution in [-0.2, 0) is 15.3 Å². The first-order valence-corrected chi connectivity index (χ1v) is 5.84. The standard InChI is InChI=1S/C13H20FNO2/c1-4-16-13(9-15,17-5-2)11-7-6-10(3)12(14)8-11/h6-8H,4-5,9,15H2,1-3H3. The van der Waals surface area contributed by atoms with Crippen LogP contribution in [0.15, 0.2) is 18.2 Å². The number of nitrogens with two attached hydrogens (primary N) is 1. The first-order chi connectivity index (χ1) is 8.09. The van der Waals surface area contributed by atoms with Gasteiger partial charge in [-0.05, 0) is 32.4 Å². The summed E-state index contributed by atoms with van der Waals surface area (Å²) >= 11 is 0. The molecule has 0 fully saturated rings. The van der Waals surface area contributed by atoms with E-state index in [1.165, 1.54) is 6.07 Å². The summed E-state index contributed by atoms with van der Waals surface area (Å²) < 4.78 is 24.7. The molecule has 0 aromatic heterocycles. The fraction of sp³-hybridized carbons (Fsp3) is 0.538. The van der Waals surface area contributed by atoms with Crippen molar-refractivity contribution in [2.75, 3.05) is 19.8 Å². The zero-order valence-corrected chi connectivity index (χ0v) is 10.6. The van der Waals surface area contributed by atoms with Gasteiger partial charge in [-0.25, -0.2) is 4.39 Å². The first kappa shape index (κ1) is 14.1. The average molecular weight is 241 g/mol. The van der Waals surface area contributed by atoms with Gasteiger partial charge in [0.05, 0.1) is 6.54 Å². The Labute approximate surface area is 102 Å². The normalized spacial score (nSPS) is 11.8. The van der Waals surface area contributed by atoms with Crippen molar-refractivity contribution in [2.45, 2.75) is 26.6 Å². The van der Waals surface area contributed by atoms with Gasteiger partial charge in [-0.3, -0.25) is 0 Å². The average Bonchev–Trinajstić information content (AvgIpc) is 2.32. The van der Waals surface area contributed by atoms with E-state index in [0.717, 1.165) is 0 Å². The lowest BCUT2D eigenvalue weighted by atomic mass is 10.0. The Hall–Kier alpha value is -0.970. The molecule has 3 nitrogen and oxygen atoms in total. The lowest BCUT2D eigenvalue weighted by molar-refractivity contribution is -0.235. The van der Waals surface area contributed by atoms with Crippen molar-refractivity contribution in [1.29, 1.82) is 0 Å². The van der Waals surface area contributed by atoms with Crippen LogP contribution in [0.3, 0.4) is 0 Å². The molecule has 0 radical (unpaired) electrons. The molecular weight excluding hydrogens is 221 g/mol. The second kappa shape index (κ2) is 6.10. The number of aryl methyl sites for hydroxylation is 1. The van der Waals surface area contributed by atoms with Gasteiger partial charge >= 0.3 is 0 Å². The molecule has 0 bridgehead atoms. The molecule has 0 heterocycles. The monoisotopic (exact) mass is 241 g/mol. The maximum Gasteiger partial charge on any atom is 0.207 e. The number of benzene rings is 1. The molecule has 0 amide bonds. The fourth-order valence-corrected chi connectivity index (χ4v) is 1.74. The number of ether oxygens (including phenoxy) is 2. The third-order valence-electron chi connectivity index (χ3n) is 2.64. The Morgan fingerprint density at radius 3 is 2.24 bits per heavy atom. The summed E-state index contributed by atoms with van der Waals surface area (Å²) in [6, 6.07) is 4.91. The molecular formula is C13H20FNO2. The number of rotatable bonds is 6. The Morgan fingerprint density at radius 2 is 1.82 bits per heavy atom. The minimum atomic E-state index is -1.04. The van der Waals surface area contributed by atoms with Crippen LogP contribution in [0.1, 0.15) is 25.0 Å². The molecule has 17 heavy (non-hydrogen) atoms. The second-order valence-corrected chi connectivity index (χ2v) is 3.79. The van der Waals surface area contributed by atoms with Crippen LogP contribution in [0.5, 0.6) is 0 Å². The zero-order chi connectivity index (χ0) is 12.9. The Bertz CT molecular complexity index is 362. The van der Waals surface area contributed by atoms with E-state index >= 15 is 0 Å². The van der Waals surface area contributed by atoms with Crippen molar-refractivity contribution in [2.24, 2.45) is 5.73 Å². The topological polar surface area (TPSA) is 44.5 Å². The summed E-state index contributed by atoms with van der Waals surface area (Å²) in [5.74, 6) is -1.32. The van der Waals surface area contributed by atoms with E-state index in [2.05, 4.69) is 0 Å². The van der Waals surface area contributed by atoms with Gasteiger partial charge < -0.3 is 15.2 Å². The van der Waals surface area contributed by atoms with Gasteiger partial charge in [-0.2, -0.15) is 0 Å². The van der Waals surface area contributed by atoms with Gasteiger partial charge in [0.1, 0.15) is 5.82 Å². The molecule has 1 rings (SSSR count). The molecule has 0 spiro atoms. The molecule has 0 aliphatic rings. The number of hydrogen-bond acceptors (Lipinski definition) is 3. The van der Waals surface area contributed by atoms with E-state index in [4.69, 9.17) is 15.2 Å². The van der Waals surface area contributed by atoms with Crippen molar-refractivity contribution in [3.63, 3.8) is 0 Å². The van der Waals surface area contributed by atoms with E-state index in [-0.39, 0.29) is 12.4 Å². The molecule has 1 aromatic carbocycles. The summed E-state index contributed by atoms with van der Waals surface area (Å²) in [5, 5.41) is 0. The van der Waals surface area contributed by atoms with E-state index in [0.29, 0.717) is 24.3 Å². The highest BCUT2D eigenvalue weighted by molar-refractivity contribution is 5.27. The third-order valence-corrected chi connectivity index (χ3v) is 2.64. The Balaban J connectivity index is 3.14. The molecule has 1 aromatic rings. The van der Waals surface area contributed by atoms with Crippen molar-refractivity contribution in [3.8, 4) is 0 Å². The quantitative estimate of drug-likeness (QED) is 0.777. The van der Waals surface area contributed by atoms with Crippen molar-refractivity contribution < 1.29 is 13.9 Å². The maximum atomic E-state index is 13.6. The largest absolute Gasteiger partial charge is 0.345 e. The molecule has 0 saturated carbocycles. The second-order valence-electron chi connectivity index (χ2n) is 3.79. The first-order valence-electron chi connectivity index (χ1n) is 5.84. The van der Waals surface area contributed by atoms with Gasteiger partial charge in [0.2, 0.25) is 5.79 Å². The molecule has 0 unspecified atom stereocenters. The minimum Gasteiger partial charge on any atom is -0.345 e. The summed E-state index contributed by atoms with van der Waals surface area (Å²) in [5.41, 5.74) is 6.94. The third kappa shape index (κ3) is 3.03. The Morgan fingerprint density at radius 1 is 1.24 bits per heavy atom. The highest BCUT2D eigenvalue weighted by Crippen LogP contribution is 2.27. The lowest BCUT2D eigenvalue weighted by Gasteiger charge is -2.32. The lowest BCUT2D eigenvalue weighted by Crippen LogP contribution is -2.41.